The Morgan fingerprint density at radius 3 is 2.30 bits per heavy atom. The van der Waals surface area contributed by atoms with Crippen LogP contribution in [0.5, 0.6) is 17.2 Å². The fraction of sp³-hybridized carbons (Fsp3) is 0.286. The SMILES string of the molecule is CN=C(NCc1nc(-c2ccc(OC)cc2)n[nH]1)NCc1ccc(OC)cc1OC. The van der Waals surface area contributed by atoms with Gasteiger partial charge in [-0.15, -0.1) is 0 Å². The zero-order valence-electron chi connectivity index (χ0n) is 17.5. The van der Waals surface area contributed by atoms with Crippen LogP contribution < -0.4 is 24.8 Å². The number of guanidine groups is 1. The lowest BCUT2D eigenvalue weighted by Crippen LogP contribution is -2.36. The molecule has 3 rings (SSSR count). The number of hydrogen-bond acceptors (Lipinski definition) is 6. The van der Waals surface area contributed by atoms with Crippen molar-refractivity contribution in [2.24, 2.45) is 4.99 Å². The minimum atomic E-state index is 0.447. The van der Waals surface area contributed by atoms with E-state index in [1.165, 1.54) is 0 Å². The van der Waals surface area contributed by atoms with Gasteiger partial charge in [-0.25, -0.2) is 4.98 Å². The van der Waals surface area contributed by atoms with Gasteiger partial charge >= 0.3 is 0 Å². The number of hydrogen-bond donors (Lipinski definition) is 3. The predicted molar refractivity (Wildman–Crippen MR) is 115 cm³/mol. The Morgan fingerprint density at radius 1 is 0.933 bits per heavy atom. The van der Waals surface area contributed by atoms with Crippen molar-refractivity contribution in [3.63, 3.8) is 0 Å². The van der Waals surface area contributed by atoms with Crippen LogP contribution in [0.2, 0.25) is 0 Å². The van der Waals surface area contributed by atoms with Gasteiger partial charge in [0.2, 0.25) is 0 Å². The Morgan fingerprint density at radius 2 is 1.63 bits per heavy atom. The van der Waals surface area contributed by atoms with Gasteiger partial charge in [-0.3, -0.25) is 10.1 Å². The van der Waals surface area contributed by atoms with Gasteiger partial charge in [0.1, 0.15) is 23.1 Å². The molecule has 0 amide bonds. The second kappa shape index (κ2) is 10.1. The van der Waals surface area contributed by atoms with Crippen LogP contribution in [-0.2, 0) is 13.1 Å². The minimum Gasteiger partial charge on any atom is -0.497 e. The lowest BCUT2D eigenvalue weighted by Gasteiger charge is -2.14. The maximum atomic E-state index is 5.43. The number of aliphatic imine (C=N–C) groups is 1. The van der Waals surface area contributed by atoms with Crippen molar-refractivity contribution in [1.29, 1.82) is 0 Å². The highest BCUT2D eigenvalue weighted by atomic mass is 16.5. The molecule has 1 aromatic heterocycles. The van der Waals surface area contributed by atoms with E-state index in [1.807, 2.05) is 42.5 Å². The van der Waals surface area contributed by atoms with Gasteiger partial charge in [-0.2, -0.15) is 5.10 Å². The number of ether oxygens (including phenoxy) is 3. The standard InChI is InChI=1S/C21H26N6O3/c1-22-21(23-12-15-7-10-17(29-3)11-18(15)30-4)24-13-19-25-20(27-26-19)14-5-8-16(28-2)9-6-14/h5-11H,12-13H2,1-4H3,(H2,22,23,24)(H,25,26,27). The maximum absolute atomic E-state index is 5.43. The second-order valence-electron chi connectivity index (χ2n) is 6.29. The van der Waals surface area contributed by atoms with Gasteiger partial charge in [0, 0.05) is 30.8 Å². The quantitative estimate of drug-likeness (QED) is 0.387. The lowest BCUT2D eigenvalue weighted by molar-refractivity contribution is 0.390. The molecule has 0 aliphatic heterocycles. The van der Waals surface area contributed by atoms with Crippen LogP contribution in [0.4, 0.5) is 0 Å². The van der Waals surface area contributed by atoms with Crippen molar-refractivity contribution in [3.05, 3.63) is 53.9 Å². The summed E-state index contributed by atoms with van der Waals surface area (Å²) in [5.74, 6) is 4.24. The number of aromatic amines is 1. The number of nitrogens with zero attached hydrogens (tertiary/aromatic N) is 3. The Labute approximate surface area is 175 Å². The molecule has 0 saturated carbocycles. The fourth-order valence-corrected chi connectivity index (χ4v) is 2.81. The van der Waals surface area contributed by atoms with Crippen molar-refractivity contribution in [2.45, 2.75) is 13.1 Å². The average molecular weight is 410 g/mol. The smallest absolute Gasteiger partial charge is 0.191 e. The molecule has 2 aromatic carbocycles. The highest BCUT2D eigenvalue weighted by Crippen LogP contribution is 2.24. The van der Waals surface area contributed by atoms with E-state index in [-0.39, 0.29) is 0 Å². The van der Waals surface area contributed by atoms with Crippen LogP contribution in [0.15, 0.2) is 47.5 Å². The topological polar surface area (TPSA) is 106 Å². The molecule has 158 valence electrons. The molecule has 0 aliphatic carbocycles. The van der Waals surface area contributed by atoms with Crippen molar-refractivity contribution in [1.82, 2.24) is 25.8 Å². The van der Waals surface area contributed by atoms with E-state index in [9.17, 15) is 0 Å². The number of H-pyrrole nitrogens is 1. The van der Waals surface area contributed by atoms with E-state index in [4.69, 9.17) is 14.2 Å². The van der Waals surface area contributed by atoms with Gasteiger partial charge in [0.15, 0.2) is 11.8 Å². The largest absolute Gasteiger partial charge is 0.497 e. The Hall–Kier alpha value is -3.75. The van der Waals surface area contributed by atoms with E-state index in [2.05, 4.69) is 30.8 Å². The predicted octanol–water partition coefficient (Wildman–Crippen LogP) is 2.36. The summed E-state index contributed by atoms with van der Waals surface area (Å²) in [5.41, 5.74) is 1.90. The molecule has 0 aliphatic rings. The van der Waals surface area contributed by atoms with Crippen LogP contribution in [0, 0.1) is 0 Å². The summed E-state index contributed by atoms with van der Waals surface area (Å²) in [6.07, 6.45) is 0. The molecule has 3 aromatic rings. The van der Waals surface area contributed by atoms with Gasteiger partial charge < -0.3 is 24.8 Å². The monoisotopic (exact) mass is 410 g/mol. The van der Waals surface area contributed by atoms with Crippen LogP contribution in [0.1, 0.15) is 11.4 Å². The summed E-state index contributed by atoms with van der Waals surface area (Å²) in [6, 6.07) is 13.3. The summed E-state index contributed by atoms with van der Waals surface area (Å²) in [4.78, 5) is 8.76. The molecule has 9 heteroatoms. The molecule has 30 heavy (non-hydrogen) atoms. The molecular weight excluding hydrogens is 384 g/mol. The number of methoxy groups -OCH3 is 3. The summed E-state index contributed by atoms with van der Waals surface area (Å²) < 4.78 is 15.8. The van der Waals surface area contributed by atoms with E-state index < -0.39 is 0 Å². The minimum absolute atomic E-state index is 0.447. The third-order valence-electron chi connectivity index (χ3n) is 4.47. The van der Waals surface area contributed by atoms with Crippen molar-refractivity contribution in [3.8, 4) is 28.6 Å². The first-order valence-corrected chi connectivity index (χ1v) is 9.38. The van der Waals surface area contributed by atoms with Gasteiger partial charge in [-0.1, -0.05) is 0 Å². The Kier molecular flexibility index (Phi) is 7.09. The lowest BCUT2D eigenvalue weighted by atomic mass is 10.2. The summed E-state index contributed by atoms with van der Waals surface area (Å²) in [7, 11) is 6.61. The zero-order valence-corrected chi connectivity index (χ0v) is 17.5. The normalized spacial score (nSPS) is 11.1. The third kappa shape index (κ3) is 5.19. The maximum Gasteiger partial charge on any atom is 0.191 e. The van der Waals surface area contributed by atoms with E-state index in [1.54, 1.807) is 28.4 Å². The molecule has 0 unspecified atom stereocenters. The third-order valence-corrected chi connectivity index (χ3v) is 4.47. The fourth-order valence-electron chi connectivity index (χ4n) is 2.81. The molecule has 0 bridgehead atoms. The number of benzene rings is 2. The van der Waals surface area contributed by atoms with Crippen molar-refractivity contribution in [2.75, 3.05) is 28.4 Å². The second-order valence-corrected chi connectivity index (χ2v) is 6.29. The van der Waals surface area contributed by atoms with Crippen LogP contribution in [0.25, 0.3) is 11.4 Å². The molecule has 0 fully saturated rings. The molecule has 0 saturated heterocycles. The van der Waals surface area contributed by atoms with Gasteiger partial charge in [-0.05, 0) is 36.4 Å². The average Bonchev–Trinajstić information content (AvgIpc) is 3.28. The number of nitrogens with one attached hydrogen (secondary N) is 3. The molecule has 0 atom stereocenters. The summed E-state index contributed by atoms with van der Waals surface area (Å²) in [5, 5.41) is 13.7. The van der Waals surface area contributed by atoms with E-state index in [0.717, 1.165) is 28.4 Å². The van der Waals surface area contributed by atoms with Crippen LogP contribution in [-0.4, -0.2) is 49.5 Å². The molecular formula is C21H26N6O3. The molecule has 9 nitrogen and oxygen atoms in total. The molecule has 0 spiro atoms. The molecule has 0 radical (unpaired) electrons. The zero-order chi connectivity index (χ0) is 21.3. The Balaban J connectivity index is 1.56. The van der Waals surface area contributed by atoms with Crippen LogP contribution >= 0.6 is 0 Å². The van der Waals surface area contributed by atoms with E-state index in [0.29, 0.717) is 30.7 Å². The van der Waals surface area contributed by atoms with Crippen molar-refractivity contribution < 1.29 is 14.2 Å². The summed E-state index contributed by atoms with van der Waals surface area (Å²) in [6.45, 7) is 0.989. The number of rotatable bonds is 8. The first kappa shape index (κ1) is 21.0. The number of aromatic nitrogens is 3. The molecule has 1 heterocycles. The van der Waals surface area contributed by atoms with Crippen molar-refractivity contribution >= 4 is 5.96 Å². The first-order chi connectivity index (χ1) is 14.7. The highest BCUT2D eigenvalue weighted by molar-refractivity contribution is 5.79. The van der Waals surface area contributed by atoms with Crippen LogP contribution in [0.3, 0.4) is 0 Å². The van der Waals surface area contributed by atoms with E-state index >= 15 is 0 Å². The summed E-state index contributed by atoms with van der Waals surface area (Å²) >= 11 is 0. The van der Waals surface area contributed by atoms with Gasteiger partial charge in [0.05, 0.1) is 27.9 Å². The molecule has 3 N–H and O–H groups in total. The van der Waals surface area contributed by atoms with Gasteiger partial charge in [0.25, 0.3) is 0 Å². The Bertz CT molecular complexity index is 985. The first-order valence-electron chi connectivity index (χ1n) is 9.38. The highest BCUT2D eigenvalue weighted by Gasteiger charge is 2.09.